The lowest BCUT2D eigenvalue weighted by atomic mass is 9.96. The van der Waals surface area contributed by atoms with Crippen molar-refractivity contribution in [3.05, 3.63) is 65.2 Å². The molecule has 2 fully saturated rings. The van der Waals surface area contributed by atoms with Gasteiger partial charge in [-0.2, -0.15) is 0 Å². The average Bonchev–Trinajstić information content (AvgIpc) is 3.21. The molecule has 0 saturated carbocycles. The Kier molecular flexibility index (Phi) is 7.75. The Hall–Kier alpha value is -3.06. The number of hydrogen-bond donors (Lipinski definition) is 0. The van der Waals surface area contributed by atoms with E-state index >= 15 is 0 Å². The minimum Gasteiger partial charge on any atom is -0.466 e. The van der Waals surface area contributed by atoms with E-state index in [-0.39, 0.29) is 18.1 Å². The largest absolute Gasteiger partial charge is 0.466 e. The Labute approximate surface area is 214 Å². The van der Waals surface area contributed by atoms with Crippen molar-refractivity contribution >= 4 is 17.7 Å². The summed E-state index contributed by atoms with van der Waals surface area (Å²) in [5, 5.41) is 0. The van der Waals surface area contributed by atoms with Gasteiger partial charge in [0.1, 0.15) is 6.61 Å². The molecule has 5 rings (SSSR count). The number of piperazine rings is 1. The predicted octanol–water partition coefficient (Wildman–Crippen LogP) is 4.72. The summed E-state index contributed by atoms with van der Waals surface area (Å²) in [5.74, 6) is 0.428. The number of benzene rings is 2. The molecule has 36 heavy (non-hydrogen) atoms. The van der Waals surface area contributed by atoms with Crippen molar-refractivity contribution in [1.82, 2.24) is 9.80 Å². The van der Waals surface area contributed by atoms with Gasteiger partial charge in [-0.3, -0.25) is 9.69 Å². The van der Waals surface area contributed by atoms with Gasteiger partial charge in [0.2, 0.25) is 0 Å². The quantitative estimate of drug-likeness (QED) is 0.498. The summed E-state index contributed by atoms with van der Waals surface area (Å²) in [5.41, 5.74) is 4.91. The summed E-state index contributed by atoms with van der Waals surface area (Å²) >= 11 is 0. The van der Waals surface area contributed by atoms with Crippen molar-refractivity contribution in [3.63, 3.8) is 0 Å². The molecule has 0 radical (unpaired) electrons. The van der Waals surface area contributed by atoms with E-state index < -0.39 is 0 Å². The lowest BCUT2D eigenvalue weighted by Crippen LogP contribution is -2.47. The maximum absolute atomic E-state index is 13.0. The van der Waals surface area contributed by atoms with Gasteiger partial charge in [-0.05, 0) is 54.0 Å². The molecule has 1 aliphatic carbocycles. The van der Waals surface area contributed by atoms with E-state index in [1.54, 1.807) is 0 Å². The summed E-state index contributed by atoms with van der Waals surface area (Å²) in [6.07, 6.45) is 3.08. The second-order valence-electron chi connectivity index (χ2n) is 10.1. The molecule has 2 bridgehead atoms. The fourth-order valence-corrected chi connectivity index (χ4v) is 5.75. The topological polar surface area (TPSA) is 62.3 Å². The highest BCUT2D eigenvalue weighted by Gasteiger charge is 2.41. The monoisotopic (exact) mass is 491 g/mol. The number of carbonyl (C=O) groups excluding carboxylic acids is 2. The number of amides is 1. The first-order valence-electron chi connectivity index (χ1n) is 13.4. The van der Waals surface area contributed by atoms with Gasteiger partial charge >= 0.3 is 12.1 Å². The molecule has 2 aromatic carbocycles. The molecule has 2 heterocycles. The molecule has 0 aromatic heterocycles. The highest BCUT2D eigenvalue weighted by molar-refractivity contribution is 5.70. The smallest absolute Gasteiger partial charge is 0.410 e. The van der Waals surface area contributed by atoms with Crippen molar-refractivity contribution in [2.75, 3.05) is 50.8 Å². The van der Waals surface area contributed by atoms with Crippen molar-refractivity contribution in [3.8, 4) is 0 Å². The number of anilines is 1. The first-order chi connectivity index (χ1) is 17.6. The summed E-state index contributed by atoms with van der Waals surface area (Å²) in [6, 6.07) is 16.8. The minimum atomic E-state index is -0.216. The van der Waals surface area contributed by atoms with Crippen LogP contribution in [0.1, 0.15) is 61.3 Å². The zero-order valence-electron chi connectivity index (χ0n) is 21.2. The van der Waals surface area contributed by atoms with Crippen LogP contribution in [-0.2, 0) is 20.9 Å². The fourth-order valence-electron chi connectivity index (χ4n) is 5.75. The third-order valence-electron chi connectivity index (χ3n) is 7.75. The van der Waals surface area contributed by atoms with Gasteiger partial charge in [0.25, 0.3) is 0 Å². The Bertz CT molecular complexity index is 1050. The Morgan fingerprint density at radius 3 is 2.53 bits per heavy atom. The van der Waals surface area contributed by atoms with Crippen molar-refractivity contribution in [2.24, 2.45) is 0 Å². The molecule has 2 aliphatic heterocycles. The Balaban J connectivity index is 1.18. The average molecular weight is 492 g/mol. The number of carbonyl (C=O) groups is 2. The molecular formula is C29H37N3O4. The lowest BCUT2D eigenvalue weighted by Gasteiger charge is -2.36. The second kappa shape index (κ2) is 11.3. The maximum Gasteiger partial charge on any atom is 0.410 e. The summed E-state index contributed by atoms with van der Waals surface area (Å²) in [7, 11) is 0. The van der Waals surface area contributed by atoms with Crippen LogP contribution in [0.4, 0.5) is 10.5 Å². The number of ether oxygens (including phenoxy) is 2. The van der Waals surface area contributed by atoms with Crippen molar-refractivity contribution in [2.45, 2.75) is 51.2 Å². The zero-order valence-corrected chi connectivity index (χ0v) is 21.2. The van der Waals surface area contributed by atoms with E-state index in [2.05, 4.69) is 28.0 Å². The Morgan fingerprint density at radius 1 is 0.944 bits per heavy atom. The van der Waals surface area contributed by atoms with Gasteiger partial charge in [-0.15, -0.1) is 0 Å². The second-order valence-corrected chi connectivity index (χ2v) is 10.1. The SMILES string of the molecule is CCCOC(=O)CCN1CCN(c2ccc3c(c2)C2CC3CCN2C(=O)OCc2ccccc2)CC1. The molecule has 2 unspecified atom stereocenters. The van der Waals surface area contributed by atoms with Crippen LogP contribution in [0, 0.1) is 0 Å². The molecule has 7 nitrogen and oxygen atoms in total. The van der Waals surface area contributed by atoms with Gasteiger partial charge in [-0.25, -0.2) is 4.79 Å². The van der Waals surface area contributed by atoms with E-state index in [1.807, 2.05) is 42.2 Å². The van der Waals surface area contributed by atoms with Crippen LogP contribution in [0.2, 0.25) is 0 Å². The first kappa shape index (κ1) is 24.6. The van der Waals surface area contributed by atoms with E-state index in [0.29, 0.717) is 25.6 Å². The van der Waals surface area contributed by atoms with Crippen LogP contribution in [0.5, 0.6) is 0 Å². The van der Waals surface area contributed by atoms with Gasteiger partial charge in [0.15, 0.2) is 0 Å². The van der Waals surface area contributed by atoms with Crippen molar-refractivity contribution < 1.29 is 19.1 Å². The molecule has 2 atom stereocenters. The molecule has 0 spiro atoms. The number of hydrogen-bond acceptors (Lipinski definition) is 6. The highest BCUT2D eigenvalue weighted by atomic mass is 16.6. The number of likely N-dealkylation sites (tertiary alicyclic amines) is 1. The third kappa shape index (κ3) is 5.51. The van der Waals surface area contributed by atoms with E-state index in [9.17, 15) is 9.59 Å². The van der Waals surface area contributed by atoms with Crippen LogP contribution in [0.3, 0.4) is 0 Å². The number of piperidine rings is 1. The Morgan fingerprint density at radius 2 is 1.75 bits per heavy atom. The predicted molar refractivity (Wildman–Crippen MR) is 139 cm³/mol. The summed E-state index contributed by atoms with van der Waals surface area (Å²) in [6.45, 7) is 8.04. The summed E-state index contributed by atoms with van der Waals surface area (Å²) in [4.78, 5) is 31.5. The van der Waals surface area contributed by atoms with E-state index in [0.717, 1.165) is 64.1 Å². The van der Waals surface area contributed by atoms with Crippen molar-refractivity contribution in [1.29, 1.82) is 0 Å². The molecule has 192 valence electrons. The minimum absolute atomic E-state index is 0.0948. The molecule has 3 aliphatic rings. The van der Waals surface area contributed by atoms with Crippen LogP contribution in [-0.4, -0.2) is 67.7 Å². The molecular weight excluding hydrogens is 454 g/mol. The molecule has 0 N–H and O–H groups in total. The third-order valence-corrected chi connectivity index (χ3v) is 7.75. The maximum atomic E-state index is 13.0. The van der Waals surface area contributed by atoms with Gasteiger partial charge in [0.05, 0.1) is 19.1 Å². The molecule has 7 heteroatoms. The highest BCUT2D eigenvalue weighted by Crippen LogP contribution is 2.50. The lowest BCUT2D eigenvalue weighted by molar-refractivity contribution is -0.144. The van der Waals surface area contributed by atoms with E-state index in [1.165, 1.54) is 16.8 Å². The van der Waals surface area contributed by atoms with Gasteiger partial charge in [0, 0.05) is 45.0 Å². The molecule has 2 saturated heterocycles. The number of esters is 1. The van der Waals surface area contributed by atoms with Crippen LogP contribution < -0.4 is 4.90 Å². The van der Waals surface area contributed by atoms with Gasteiger partial charge < -0.3 is 19.3 Å². The fraction of sp³-hybridized carbons (Fsp3) is 0.517. The van der Waals surface area contributed by atoms with Crippen LogP contribution in [0.25, 0.3) is 0 Å². The van der Waals surface area contributed by atoms with Gasteiger partial charge in [-0.1, -0.05) is 43.3 Å². The standard InChI is InChI=1S/C29H37N3O4/c1-2-18-35-28(33)11-12-30-14-16-31(17-15-30)24-8-9-25-23-10-13-32(27(19-23)26(25)20-24)29(34)36-21-22-6-4-3-5-7-22/h3-9,20,23,27H,2,10-19,21H2,1H3. The normalized spacial score (nSPS) is 21.2. The number of nitrogens with zero attached hydrogens (tertiary/aromatic N) is 3. The first-order valence-corrected chi connectivity index (χ1v) is 13.4. The van der Waals surface area contributed by atoms with E-state index in [4.69, 9.17) is 9.47 Å². The summed E-state index contributed by atoms with van der Waals surface area (Å²) < 4.78 is 10.9. The van der Waals surface area contributed by atoms with Crippen LogP contribution in [0.15, 0.2) is 48.5 Å². The number of rotatable bonds is 8. The molecule has 2 aromatic rings. The van der Waals surface area contributed by atoms with Crippen LogP contribution >= 0.6 is 0 Å². The number of fused-ring (bicyclic) bond motifs is 5. The molecule has 1 amide bonds. The zero-order chi connectivity index (χ0) is 24.9.